The molecule has 7 rings (SSSR count). The van der Waals surface area contributed by atoms with E-state index in [1.54, 1.807) is 10.9 Å². The van der Waals surface area contributed by atoms with Gasteiger partial charge < -0.3 is 10.6 Å². The van der Waals surface area contributed by atoms with Gasteiger partial charge in [-0.15, -0.1) is 0 Å². The van der Waals surface area contributed by atoms with Crippen molar-refractivity contribution in [1.29, 1.82) is 0 Å². The Hall–Kier alpha value is -3.53. The Balaban J connectivity index is 1.33. The lowest BCUT2D eigenvalue weighted by Gasteiger charge is -2.19. The predicted molar refractivity (Wildman–Crippen MR) is 121 cm³/mol. The summed E-state index contributed by atoms with van der Waals surface area (Å²) in [5.41, 5.74) is 2.70. The van der Waals surface area contributed by atoms with Crippen molar-refractivity contribution in [3.8, 4) is 5.82 Å². The number of hydrogen-bond acceptors (Lipinski definition) is 6. The van der Waals surface area contributed by atoms with Crippen LogP contribution in [0.1, 0.15) is 48.9 Å². The van der Waals surface area contributed by atoms with Gasteiger partial charge in [-0.1, -0.05) is 0 Å². The molecule has 2 N–H and O–H groups in total. The van der Waals surface area contributed by atoms with Crippen LogP contribution in [0.3, 0.4) is 0 Å². The molecule has 0 spiro atoms. The fourth-order valence-corrected chi connectivity index (χ4v) is 4.66. The minimum Gasteiger partial charge on any atom is -0.324 e. The van der Waals surface area contributed by atoms with Gasteiger partial charge in [0.25, 0.3) is 5.56 Å². The van der Waals surface area contributed by atoms with Crippen LogP contribution >= 0.6 is 0 Å². The molecular formula is C23H23FN8O. The van der Waals surface area contributed by atoms with Crippen molar-refractivity contribution in [2.24, 2.45) is 0 Å². The quantitative estimate of drug-likeness (QED) is 0.490. The molecule has 1 aliphatic heterocycles. The smallest absolute Gasteiger partial charge is 0.278 e. The number of nitrogens with zero attached hydrogens (tertiary/aromatic N) is 6. The van der Waals surface area contributed by atoms with Gasteiger partial charge in [-0.05, 0) is 56.3 Å². The molecule has 0 atom stereocenters. The molecular weight excluding hydrogens is 423 g/mol. The van der Waals surface area contributed by atoms with Gasteiger partial charge in [0.15, 0.2) is 11.5 Å². The molecule has 0 unspecified atom stereocenters. The highest BCUT2D eigenvalue weighted by molar-refractivity contribution is 5.77. The Morgan fingerprint density at radius 2 is 2.00 bits per heavy atom. The number of hydrogen-bond donors (Lipinski definition) is 2. The van der Waals surface area contributed by atoms with E-state index in [9.17, 15) is 9.18 Å². The Bertz CT molecular complexity index is 1460. The summed E-state index contributed by atoms with van der Waals surface area (Å²) in [6.07, 6.45) is 8.47. The van der Waals surface area contributed by atoms with Crippen LogP contribution in [0.4, 0.5) is 16.0 Å². The van der Waals surface area contributed by atoms with Crippen molar-refractivity contribution in [2.75, 3.05) is 11.9 Å². The van der Waals surface area contributed by atoms with Crippen molar-refractivity contribution in [3.63, 3.8) is 0 Å². The van der Waals surface area contributed by atoms with Gasteiger partial charge in [-0.3, -0.25) is 9.48 Å². The van der Waals surface area contributed by atoms with E-state index >= 15 is 0 Å². The molecule has 3 aliphatic rings. The van der Waals surface area contributed by atoms with E-state index in [2.05, 4.69) is 20.6 Å². The summed E-state index contributed by atoms with van der Waals surface area (Å²) in [4.78, 5) is 22.2. The molecule has 0 saturated heterocycles. The second kappa shape index (κ2) is 6.98. The lowest BCUT2D eigenvalue weighted by Crippen LogP contribution is -2.24. The Morgan fingerprint density at radius 1 is 1.15 bits per heavy atom. The van der Waals surface area contributed by atoms with E-state index in [0.717, 1.165) is 44.2 Å². The summed E-state index contributed by atoms with van der Waals surface area (Å²) in [5.74, 6) is 0.752. The predicted octanol–water partition coefficient (Wildman–Crippen LogP) is 2.98. The standard InChI is InChI=1S/C23H23FN8O/c24-19-10-14(9-13-5-7-25-11-17(13)19)27-23-26-12-18-21(28-23)32(31(22(18)33)16-3-4-16)20-6-8-30(29-20)15-1-2-15/h6,8-10,12,15-16,25H,1-5,7,11H2,(H,26,27,28). The maximum Gasteiger partial charge on any atom is 0.278 e. The molecule has 168 valence electrons. The van der Waals surface area contributed by atoms with Gasteiger partial charge in [0.05, 0.1) is 12.1 Å². The average Bonchev–Trinajstić information content (AvgIpc) is 3.76. The summed E-state index contributed by atoms with van der Waals surface area (Å²) in [6.45, 7) is 1.37. The first-order valence-corrected chi connectivity index (χ1v) is 11.5. The molecule has 3 aromatic heterocycles. The molecule has 0 bridgehead atoms. The topological polar surface area (TPSA) is 94.6 Å². The molecule has 2 aliphatic carbocycles. The van der Waals surface area contributed by atoms with Crippen LogP contribution in [0.15, 0.2) is 35.4 Å². The number of benzene rings is 1. The molecule has 4 heterocycles. The second-order valence-corrected chi connectivity index (χ2v) is 9.16. The molecule has 10 heteroatoms. The van der Waals surface area contributed by atoms with Crippen LogP contribution in [0, 0.1) is 5.82 Å². The van der Waals surface area contributed by atoms with Gasteiger partial charge >= 0.3 is 0 Å². The fourth-order valence-electron chi connectivity index (χ4n) is 4.66. The summed E-state index contributed by atoms with van der Waals surface area (Å²) >= 11 is 0. The number of anilines is 2. The minimum absolute atomic E-state index is 0.104. The Morgan fingerprint density at radius 3 is 2.82 bits per heavy atom. The lowest BCUT2D eigenvalue weighted by molar-refractivity contribution is 0.541. The molecule has 0 radical (unpaired) electrons. The third kappa shape index (κ3) is 3.16. The Kier molecular flexibility index (Phi) is 4.02. The maximum atomic E-state index is 14.6. The van der Waals surface area contributed by atoms with Gasteiger partial charge in [-0.2, -0.15) is 10.1 Å². The summed E-state index contributed by atoms with van der Waals surface area (Å²) in [6, 6.07) is 5.95. The zero-order valence-electron chi connectivity index (χ0n) is 18.0. The zero-order chi connectivity index (χ0) is 22.1. The highest BCUT2D eigenvalue weighted by Crippen LogP contribution is 2.37. The highest BCUT2D eigenvalue weighted by Gasteiger charge is 2.32. The van der Waals surface area contributed by atoms with Crippen LogP contribution in [-0.2, 0) is 13.0 Å². The minimum atomic E-state index is -0.245. The van der Waals surface area contributed by atoms with Crippen molar-refractivity contribution < 1.29 is 4.39 Å². The SMILES string of the molecule is O=c1c2cnc(Nc3cc(F)c4c(c3)CCNC4)nc2n(-c2ccn(C3CC3)n2)n1C1CC1. The lowest BCUT2D eigenvalue weighted by atomic mass is 10.00. The monoisotopic (exact) mass is 446 g/mol. The number of nitrogens with one attached hydrogen (secondary N) is 2. The highest BCUT2D eigenvalue weighted by atomic mass is 19.1. The van der Waals surface area contributed by atoms with E-state index in [0.29, 0.717) is 46.6 Å². The molecule has 2 saturated carbocycles. The van der Waals surface area contributed by atoms with E-state index < -0.39 is 0 Å². The van der Waals surface area contributed by atoms with Crippen molar-refractivity contribution in [3.05, 3.63) is 57.9 Å². The molecule has 33 heavy (non-hydrogen) atoms. The van der Waals surface area contributed by atoms with Gasteiger partial charge in [0.1, 0.15) is 11.2 Å². The average molecular weight is 446 g/mol. The second-order valence-electron chi connectivity index (χ2n) is 9.16. The molecule has 0 amide bonds. The van der Waals surface area contributed by atoms with E-state index in [-0.39, 0.29) is 17.4 Å². The number of aromatic nitrogens is 6. The summed E-state index contributed by atoms with van der Waals surface area (Å²) in [5, 5.41) is 11.5. The first-order valence-electron chi connectivity index (χ1n) is 11.5. The van der Waals surface area contributed by atoms with Crippen LogP contribution in [0.25, 0.3) is 16.9 Å². The van der Waals surface area contributed by atoms with Crippen molar-refractivity contribution >= 4 is 22.7 Å². The summed E-state index contributed by atoms with van der Waals surface area (Å²) < 4.78 is 20.2. The van der Waals surface area contributed by atoms with Crippen LogP contribution in [0.5, 0.6) is 0 Å². The van der Waals surface area contributed by atoms with Crippen LogP contribution in [-0.4, -0.2) is 35.7 Å². The maximum absolute atomic E-state index is 14.6. The van der Waals surface area contributed by atoms with Crippen LogP contribution < -0.4 is 16.2 Å². The third-order valence-corrected chi connectivity index (χ3v) is 6.67. The van der Waals surface area contributed by atoms with E-state index in [4.69, 9.17) is 5.10 Å². The van der Waals surface area contributed by atoms with Gasteiger partial charge in [0.2, 0.25) is 5.95 Å². The number of fused-ring (bicyclic) bond motifs is 2. The van der Waals surface area contributed by atoms with E-state index in [1.165, 1.54) is 6.07 Å². The zero-order valence-corrected chi connectivity index (χ0v) is 18.0. The van der Waals surface area contributed by atoms with Gasteiger partial charge in [0, 0.05) is 36.3 Å². The van der Waals surface area contributed by atoms with Crippen LogP contribution in [0.2, 0.25) is 0 Å². The number of rotatable bonds is 5. The Labute approximate surface area is 188 Å². The van der Waals surface area contributed by atoms with Crippen molar-refractivity contribution in [1.82, 2.24) is 34.4 Å². The first-order chi connectivity index (χ1) is 16.2. The van der Waals surface area contributed by atoms with Crippen molar-refractivity contribution in [2.45, 2.75) is 50.7 Å². The fraction of sp³-hybridized carbons (Fsp3) is 0.391. The summed E-state index contributed by atoms with van der Waals surface area (Å²) in [7, 11) is 0. The third-order valence-electron chi connectivity index (χ3n) is 6.67. The molecule has 1 aromatic carbocycles. The van der Waals surface area contributed by atoms with Gasteiger partial charge in [-0.25, -0.2) is 18.7 Å². The number of halogens is 1. The molecule has 2 fully saturated rings. The molecule has 4 aromatic rings. The molecule has 9 nitrogen and oxygen atoms in total. The largest absolute Gasteiger partial charge is 0.324 e. The van der Waals surface area contributed by atoms with E-state index in [1.807, 2.05) is 27.7 Å². The first kappa shape index (κ1) is 19.0. The normalized spacial score (nSPS) is 18.0.